The zero-order chi connectivity index (χ0) is 13.9. The first kappa shape index (κ1) is 13.6. The molecule has 1 aromatic rings. The predicted octanol–water partition coefficient (Wildman–Crippen LogP) is 0.732. The summed E-state index contributed by atoms with van der Waals surface area (Å²) in [4.78, 5) is 13.6. The summed E-state index contributed by atoms with van der Waals surface area (Å²) in [6.45, 7) is 0.333. The van der Waals surface area contributed by atoms with Crippen molar-refractivity contribution in [2.75, 3.05) is 35.3 Å². The minimum Gasteiger partial charge on any atom is -0.345 e. The largest absolute Gasteiger partial charge is 0.405 e. The molecule has 0 aliphatic carbocycles. The molecule has 7 nitrogen and oxygen atoms in total. The summed E-state index contributed by atoms with van der Waals surface area (Å²) < 4.78 is 36.4. The molecular weight excluding hydrogens is 263 g/mol. The van der Waals surface area contributed by atoms with Crippen LogP contribution in [0.15, 0.2) is 0 Å². The molecule has 0 saturated carbocycles. The lowest BCUT2D eigenvalue weighted by molar-refractivity contribution is -0.115. The standard InChI is InChI=1S/C9H14F3N7/c10-9(11,12)5-14-6-15-7(18-13)17-8(16-6)19-3-1-2-4-19/h1-5,13H2,(H2,14,15,16,17,18). The Morgan fingerprint density at radius 3 is 2.32 bits per heavy atom. The summed E-state index contributed by atoms with van der Waals surface area (Å²) in [5.41, 5.74) is 2.22. The number of hydrazine groups is 1. The molecule has 1 aliphatic heterocycles. The summed E-state index contributed by atoms with van der Waals surface area (Å²) in [6, 6.07) is 0. The lowest BCUT2D eigenvalue weighted by Crippen LogP contribution is -2.26. The highest BCUT2D eigenvalue weighted by molar-refractivity contribution is 5.43. The van der Waals surface area contributed by atoms with Gasteiger partial charge >= 0.3 is 6.18 Å². The fourth-order valence-electron chi connectivity index (χ4n) is 1.75. The maximum atomic E-state index is 12.1. The van der Waals surface area contributed by atoms with Crippen LogP contribution in [0.5, 0.6) is 0 Å². The Morgan fingerprint density at radius 2 is 1.74 bits per heavy atom. The van der Waals surface area contributed by atoms with Crippen LogP contribution in [0, 0.1) is 0 Å². The second kappa shape index (κ2) is 5.43. The van der Waals surface area contributed by atoms with Gasteiger partial charge in [0.2, 0.25) is 17.8 Å². The molecule has 1 aromatic heterocycles. The molecule has 106 valence electrons. The van der Waals surface area contributed by atoms with Crippen molar-refractivity contribution in [2.45, 2.75) is 19.0 Å². The van der Waals surface area contributed by atoms with E-state index in [4.69, 9.17) is 5.84 Å². The Balaban J connectivity index is 2.15. The van der Waals surface area contributed by atoms with Gasteiger partial charge in [-0.2, -0.15) is 28.1 Å². The van der Waals surface area contributed by atoms with Crippen molar-refractivity contribution in [3.63, 3.8) is 0 Å². The maximum absolute atomic E-state index is 12.1. The summed E-state index contributed by atoms with van der Waals surface area (Å²) in [5.74, 6) is 5.40. The lowest BCUT2D eigenvalue weighted by Gasteiger charge is -2.17. The molecular formula is C9H14F3N7. The number of rotatable bonds is 4. The number of alkyl halides is 3. The van der Waals surface area contributed by atoms with E-state index in [2.05, 4.69) is 25.7 Å². The highest BCUT2D eigenvalue weighted by Crippen LogP contribution is 2.19. The Kier molecular flexibility index (Phi) is 3.88. The topological polar surface area (TPSA) is 92.0 Å². The van der Waals surface area contributed by atoms with Crippen molar-refractivity contribution in [3.8, 4) is 0 Å². The molecule has 0 atom stereocenters. The molecule has 0 spiro atoms. The molecule has 1 saturated heterocycles. The van der Waals surface area contributed by atoms with Gasteiger partial charge in [-0.25, -0.2) is 5.84 Å². The van der Waals surface area contributed by atoms with Gasteiger partial charge < -0.3 is 10.2 Å². The molecule has 0 amide bonds. The molecule has 0 bridgehead atoms. The van der Waals surface area contributed by atoms with Crippen LogP contribution in [0.2, 0.25) is 0 Å². The van der Waals surface area contributed by atoms with Crippen molar-refractivity contribution in [2.24, 2.45) is 5.84 Å². The van der Waals surface area contributed by atoms with Gasteiger partial charge in [-0.05, 0) is 12.8 Å². The average Bonchev–Trinajstić information content (AvgIpc) is 2.89. The van der Waals surface area contributed by atoms with Crippen LogP contribution in [0.3, 0.4) is 0 Å². The first-order chi connectivity index (χ1) is 8.98. The molecule has 0 unspecified atom stereocenters. The molecule has 2 rings (SSSR count). The number of nitrogens with two attached hydrogens (primary N) is 1. The van der Waals surface area contributed by atoms with Crippen LogP contribution in [-0.4, -0.2) is 40.8 Å². The van der Waals surface area contributed by atoms with Gasteiger partial charge in [0.1, 0.15) is 6.54 Å². The average molecular weight is 277 g/mol. The minimum atomic E-state index is -4.34. The van der Waals surface area contributed by atoms with Crippen LogP contribution in [-0.2, 0) is 0 Å². The van der Waals surface area contributed by atoms with E-state index in [0.29, 0.717) is 5.95 Å². The first-order valence-electron chi connectivity index (χ1n) is 5.76. The Bertz CT molecular complexity index is 430. The van der Waals surface area contributed by atoms with E-state index in [1.807, 2.05) is 4.90 Å². The third-order valence-electron chi connectivity index (χ3n) is 2.59. The smallest absolute Gasteiger partial charge is 0.345 e. The van der Waals surface area contributed by atoms with E-state index >= 15 is 0 Å². The summed E-state index contributed by atoms with van der Waals surface area (Å²) in [5, 5.41) is 2.11. The highest BCUT2D eigenvalue weighted by Gasteiger charge is 2.27. The van der Waals surface area contributed by atoms with E-state index in [1.165, 1.54) is 0 Å². The highest BCUT2D eigenvalue weighted by atomic mass is 19.4. The molecule has 1 fully saturated rings. The van der Waals surface area contributed by atoms with Gasteiger partial charge in [0.15, 0.2) is 0 Å². The number of nitrogens with one attached hydrogen (secondary N) is 2. The molecule has 0 aromatic carbocycles. The van der Waals surface area contributed by atoms with Crippen LogP contribution < -0.4 is 21.5 Å². The molecule has 19 heavy (non-hydrogen) atoms. The van der Waals surface area contributed by atoms with Gasteiger partial charge in [-0.1, -0.05) is 0 Å². The van der Waals surface area contributed by atoms with E-state index in [-0.39, 0.29) is 11.9 Å². The van der Waals surface area contributed by atoms with Gasteiger partial charge in [-0.15, -0.1) is 0 Å². The van der Waals surface area contributed by atoms with E-state index in [9.17, 15) is 13.2 Å². The van der Waals surface area contributed by atoms with Crippen molar-refractivity contribution < 1.29 is 13.2 Å². The zero-order valence-electron chi connectivity index (χ0n) is 10.0. The van der Waals surface area contributed by atoms with Crippen LogP contribution >= 0.6 is 0 Å². The number of hydrogen-bond donors (Lipinski definition) is 3. The van der Waals surface area contributed by atoms with Gasteiger partial charge in [0.05, 0.1) is 0 Å². The number of aromatic nitrogens is 3. The van der Waals surface area contributed by atoms with Crippen molar-refractivity contribution in [1.82, 2.24) is 15.0 Å². The van der Waals surface area contributed by atoms with E-state index < -0.39 is 12.7 Å². The summed E-state index contributed by atoms with van der Waals surface area (Å²) in [7, 11) is 0. The molecule has 0 radical (unpaired) electrons. The van der Waals surface area contributed by atoms with Crippen molar-refractivity contribution >= 4 is 17.8 Å². The molecule has 1 aliphatic rings. The Hall–Kier alpha value is -1.84. The number of hydrogen-bond acceptors (Lipinski definition) is 7. The van der Waals surface area contributed by atoms with Crippen LogP contribution in [0.25, 0.3) is 0 Å². The number of anilines is 3. The third kappa shape index (κ3) is 3.81. The number of nitrogen functional groups attached to an aromatic ring is 1. The fraction of sp³-hybridized carbons (Fsp3) is 0.667. The van der Waals surface area contributed by atoms with Crippen LogP contribution in [0.1, 0.15) is 12.8 Å². The molecule has 4 N–H and O–H groups in total. The van der Waals surface area contributed by atoms with Crippen molar-refractivity contribution in [3.05, 3.63) is 0 Å². The second-order valence-electron chi connectivity index (χ2n) is 4.09. The predicted molar refractivity (Wildman–Crippen MR) is 63.6 cm³/mol. The van der Waals surface area contributed by atoms with Gasteiger partial charge in [-0.3, -0.25) is 5.43 Å². The SMILES string of the molecule is NNc1nc(NCC(F)(F)F)nc(N2CCCC2)n1. The lowest BCUT2D eigenvalue weighted by atomic mass is 10.4. The van der Waals surface area contributed by atoms with Crippen LogP contribution in [0.4, 0.5) is 31.0 Å². The zero-order valence-corrected chi connectivity index (χ0v) is 10.0. The normalized spacial score (nSPS) is 15.7. The third-order valence-corrected chi connectivity index (χ3v) is 2.59. The monoisotopic (exact) mass is 277 g/mol. The Labute approximate surface area is 107 Å². The second-order valence-corrected chi connectivity index (χ2v) is 4.09. The van der Waals surface area contributed by atoms with E-state index in [1.54, 1.807) is 0 Å². The summed E-state index contributed by atoms with van der Waals surface area (Å²) in [6.07, 6.45) is -2.33. The fourth-order valence-corrected chi connectivity index (χ4v) is 1.75. The van der Waals surface area contributed by atoms with Crippen molar-refractivity contribution in [1.29, 1.82) is 0 Å². The van der Waals surface area contributed by atoms with Gasteiger partial charge in [0, 0.05) is 13.1 Å². The molecule has 2 heterocycles. The quantitative estimate of drug-likeness (QED) is 0.552. The maximum Gasteiger partial charge on any atom is 0.405 e. The summed E-state index contributed by atoms with van der Waals surface area (Å²) >= 11 is 0. The van der Waals surface area contributed by atoms with E-state index in [0.717, 1.165) is 25.9 Å². The first-order valence-corrected chi connectivity index (χ1v) is 5.76. The molecule has 10 heteroatoms. The Morgan fingerprint density at radius 1 is 1.11 bits per heavy atom. The minimum absolute atomic E-state index is 0.0292. The number of halogens is 3. The number of nitrogens with zero attached hydrogens (tertiary/aromatic N) is 4. The van der Waals surface area contributed by atoms with Gasteiger partial charge in [0.25, 0.3) is 0 Å².